The Labute approximate surface area is 187 Å². The molecule has 0 N–H and O–H groups in total. The molecule has 0 aromatic heterocycles. The van der Waals surface area contributed by atoms with E-state index in [1.165, 1.54) is 11.1 Å². The van der Waals surface area contributed by atoms with Crippen LogP contribution in [0.3, 0.4) is 0 Å². The Bertz CT molecular complexity index is 1200. The number of aryl methyl sites for hydroxylation is 1. The molecule has 0 spiro atoms. The van der Waals surface area contributed by atoms with Crippen molar-refractivity contribution in [3.63, 3.8) is 0 Å². The molecule has 0 amide bonds. The van der Waals surface area contributed by atoms with Crippen LogP contribution >= 0.6 is 0 Å². The Kier molecular flexibility index (Phi) is 5.41. The minimum Gasteiger partial charge on any atom is -0.493 e. The molecule has 0 unspecified atom stereocenters. The average molecular weight is 428 g/mol. The lowest BCUT2D eigenvalue weighted by Gasteiger charge is -2.29. The van der Waals surface area contributed by atoms with Crippen molar-refractivity contribution < 1.29 is 19.0 Å². The Morgan fingerprint density at radius 1 is 1.06 bits per heavy atom. The topological polar surface area (TPSA) is 48.0 Å². The molecule has 5 heteroatoms. The van der Waals surface area contributed by atoms with E-state index >= 15 is 0 Å². The van der Waals surface area contributed by atoms with E-state index in [9.17, 15) is 4.79 Å². The molecule has 0 saturated carbocycles. The molecule has 2 heterocycles. The molecule has 3 aromatic rings. The second-order valence-corrected chi connectivity index (χ2v) is 8.08. The fourth-order valence-electron chi connectivity index (χ4n) is 4.09. The monoisotopic (exact) mass is 427 g/mol. The molecule has 2 aliphatic rings. The first-order valence-corrected chi connectivity index (χ1v) is 10.8. The third kappa shape index (κ3) is 3.87. The van der Waals surface area contributed by atoms with Crippen LogP contribution in [0.25, 0.3) is 6.08 Å². The number of rotatable bonds is 5. The van der Waals surface area contributed by atoms with Gasteiger partial charge < -0.3 is 14.2 Å². The van der Waals surface area contributed by atoms with Crippen LogP contribution in [0.2, 0.25) is 0 Å². The van der Waals surface area contributed by atoms with Gasteiger partial charge >= 0.3 is 0 Å². The van der Waals surface area contributed by atoms with E-state index in [1.54, 1.807) is 12.1 Å². The van der Waals surface area contributed by atoms with Crippen LogP contribution in [0.4, 0.5) is 0 Å². The molecule has 2 aliphatic heterocycles. The van der Waals surface area contributed by atoms with Gasteiger partial charge in [-0.1, -0.05) is 48.0 Å². The summed E-state index contributed by atoms with van der Waals surface area (Å²) in [5, 5.41) is 0. The van der Waals surface area contributed by atoms with E-state index in [2.05, 4.69) is 36.1 Å². The van der Waals surface area contributed by atoms with E-state index in [-0.39, 0.29) is 5.78 Å². The first-order valence-electron chi connectivity index (χ1n) is 10.8. The first-order chi connectivity index (χ1) is 15.6. The molecule has 0 aliphatic carbocycles. The number of ether oxygens (including phenoxy) is 3. The highest BCUT2D eigenvalue weighted by Crippen LogP contribution is 2.42. The lowest BCUT2D eigenvalue weighted by atomic mass is 10.0. The van der Waals surface area contributed by atoms with Gasteiger partial charge in [0, 0.05) is 18.7 Å². The van der Waals surface area contributed by atoms with Gasteiger partial charge in [-0.05, 0) is 43.7 Å². The Hall–Kier alpha value is -3.57. The number of ketones is 1. The molecule has 5 nitrogen and oxygen atoms in total. The molecule has 0 fully saturated rings. The lowest BCUT2D eigenvalue weighted by molar-refractivity contribution is 0.0873. The maximum absolute atomic E-state index is 13.1. The van der Waals surface area contributed by atoms with Crippen LogP contribution in [0, 0.1) is 6.92 Å². The summed E-state index contributed by atoms with van der Waals surface area (Å²) in [5.74, 6) is 2.28. The number of carbonyl (C=O) groups excluding carboxylic acids is 1. The van der Waals surface area contributed by atoms with Crippen LogP contribution in [-0.4, -0.2) is 24.0 Å². The van der Waals surface area contributed by atoms with Crippen LogP contribution in [0.1, 0.15) is 39.5 Å². The molecule has 32 heavy (non-hydrogen) atoms. The van der Waals surface area contributed by atoms with Crippen molar-refractivity contribution in [3.05, 3.63) is 94.2 Å². The average Bonchev–Trinajstić information content (AvgIpc) is 3.12. The van der Waals surface area contributed by atoms with Gasteiger partial charge in [0.2, 0.25) is 5.78 Å². The summed E-state index contributed by atoms with van der Waals surface area (Å²) < 4.78 is 17.8. The Balaban J connectivity index is 1.42. The molecule has 0 bridgehead atoms. The smallest absolute Gasteiger partial charge is 0.231 e. The first kappa shape index (κ1) is 20.3. The van der Waals surface area contributed by atoms with E-state index < -0.39 is 0 Å². The highest BCUT2D eigenvalue weighted by molar-refractivity contribution is 6.15. The fourth-order valence-corrected chi connectivity index (χ4v) is 4.09. The van der Waals surface area contributed by atoms with Gasteiger partial charge in [-0.15, -0.1) is 0 Å². The summed E-state index contributed by atoms with van der Waals surface area (Å²) in [6.45, 7) is 6.49. The van der Waals surface area contributed by atoms with Crippen LogP contribution in [0.15, 0.2) is 66.4 Å². The molecular formula is C27H25NO4. The van der Waals surface area contributed by atoms with Crippen LogP contribution < -0.4 is 14.2 Å². The standard InChI is InChI=1S/C27H25NO4/c1-3-30-23-7-5-4-6-20(23)14-25-26(29)21-12-13-24-22(27(21)32-25)16-28(17-31-24)15-19-10-8-18(2)9-11-19/h4-14H,3,15-17H2,1-2H3/b25-14-. The van der Waals surface area contributed by atoms with E-state index in [0.717, 1.165) is 29.2 Å². The second kappa shape index (κ2) is 8.52. The SMILES string of the molecule is CCOc1ccccc1/C=C1\Oc2c(ccc3c2CN(Cc2ccc(C)cc2)CO3)C1=O. The number of hydrogen-bond acceptors (Lipinski definition) is 5. The van der Waals surface area contributed by atoms with Crippen molar-refractivity contribution >= 4 is 11.9 Å². The number of Topliss-reactive ketones (excluding diaryl/α,β-unsaturated/α-hetero) is 1. The lowest BCUT2D eigenvalue weighted by Crippen LogP contribution is -2.31. The molecule has 0 radical (unpaired) electrons. The number of benzene rings is 3. The molecule has 3 aromatic carbocycles. The minimum atomic E-state index is -0.121. The van der Waals surface area contributed by atoms with E-state index in [4.69, 9.17) is 14.2 Å². The minimum absolute atomic E-state index is 0.121. The quantitative estimate of drug-likeness (QED) is 0.513. The molecular weight excluding hydrogens is 402 g/mol. The summed E-state index contributed by atoms with van der Waals surface area (Å²) in [6, 6.07) is 19.8. The number of allylic oxidation sites excluding steroid dienone is 1. The molecule has 0 saturated heterocycles. The number of fused-ring (bicyclic) bond motifs is 3. The summed E-state index contributed by atoms with van der Waals surface area (Å²) in [6.07, 6.45) is 1.76. The zero-order valence-electron chi connectivity index (χ0n) is 18.3. The van der Waals surface area contributed by atoms with Crippen LogP contribution in [-0.2, 0) is 13.1 Å². The maximum atomic E-state index is 13.1. The largest absolute Gasteiger partial charge is 0.493 e. The third-order valence-corrected chi connectivity index (χ3v) is 5.71. The predicted molar refractivity (Wildman–Crippen MR) is 123 cm³/mol. The van der Waals surface area contributed by atoms with Crippen LogP contribution in [0.5, 0.6) is 17.2 Å². The van der Waals surface area contributed by atoms with E-state index in [0.29, 0.717) is 37.0 Å². The normalized spacial score (nSPS) is 16.3. The van der Waals surface area contributed by atoms with Gasteiger partial charge in [-0.3, -0.25) is 9.69 Å². The van der Waals surface area contributed by atoms with Crippen molar-refractivity contribution in [1.82, 2.24) is 4.90 Å². The fraction of sp³-hybridized carbons (Fsp3) is 0.222. The summed E-state index contributed by atoms with van der Waals surface area (Å²) >= 11 is 0. The van der Waals surface area contributed by atoms with Crippen molar-refractivity contribution in [3.8, 4) is 17.2 Å². The van der Waals surface area contributed by atoms with Gasteiger partial charge in [-0.25, -0.2) is 0 Å². The molecule has 162 valence electrons. The third-order valence-electron chi connectivity index (χ3n) is 5.71. The van der Waals surface area contributed by atoms with Crippen molar-refractivity contribution in [1.29, 1.82) is 0 Å². The molecule has 0 atom stereocenters. The number of para-hydroxylation sites is 1. The maximum Gasteiger partial charge on any atom is 0.231 e. The highest BCUT2D eigenvalue weighted by atomic mass is 16.5. The number of carbonyl (C=O) groups is 1. The predicted octanol–water partition coefficient (Wildman–Crippen LogP) is 5.36. The van der Waals surface area contributed by atoms with Crippen molar-refractivity contribution in [2.45, 2.75) is 26.9 Å². The van der Waals surface area contributed by atoms with Gasteiger partial charge in [0.1, 0.15) is 24.0 Å². The van der Waals surface area contributed by atoms with Gasteiger partial charge in [0.25, 0.3) is 0 Å². The van der Waals surface area contributed by atoms with Gasteiger partial charge in [0.15, 0.2) is 5.76 Å². The Morgan fingerprint density at radius 3 is 2.69 bits per heavy atom. The van der Waals surface area contributed by atoms with Crippen molar-refractivity contribution in [2.75, 3.05) is 13.3 Å². The number of nitrogens with zero attached hydrogens (tertiary/aromatic N) is 1. The zero-order chi connectivity index (χ0) is 22.1. The number of hydrogen-bond donors (Lipinski definition) is 0. The second-order valence-electron chi connectivity index (χ2n) is 8.08. The summed E-state index contributed by atoms with van der Waals surface area (Å²) in [7, 11) is 0. The summed E-state index contributed by atoms with van der Waals surface area (Å²) in [5.41, 5.74) is 4.77. The van der Waals surface area contributed by atoms with Gasteiger partial charge in [-0.2, -0.15) is 0 Å². The van der Waals surface area contributed by atoms with Crippen molar-refractivity contribution in [2.24, 2.45) is 0 Å². The Morgan fingerprint density at radius 2 is 1.88 bits per heavy atom. The molecule has 5 rings (SSSR count). The van der Waals surface area contributed by atoms with Gasteiger partial charge in [0.05, 0.1) is 17.7 Å². The highest BCUT2D eigenvalue weighted by Gasteiger charge is 2.33. The van der Waals surface area contributed by atoms with E-state index in [1.807, 2.05) is 37.3 Å². The summed E-state index contributed by atoms with van der Waals surface area (Å²) in [4.78, 5) is 15.3. The zero-order valence-corrected chi connectivity index (χ0v) is 18.3.